The van der Waals surface area contributed by atoms with E-state index >= 15 is 0 Å². The normalized spacial score (nSPS) is 10.2. The van der Waals surface area contributed by atoms with Gasteiger partial charge < -0.3 is 5.11 Å². The first kappa shape index (κ1) is 10.1. The van der Waals surface area contributed by atoms with Gasteiger partial charge in [0.2, 0.25) is 0 Å². The number of non-ortho nitro benzene ring substituents is 1. The van der Waals surface area contributed by atoms with E-state index in [0.29, 0.717) is 10.8 Å². The Balaban J connectivity index is 2.73. The molecule has 0 aromatic heterocycles. The van der Waals surface area contributed by atoms with Gasteiger partial charge in [-0.05, 0) is 22.9 Å². The number of nitrogens with zero attached hydrogens (tertiary/aromatic N) is 1. The molecule has 16 heavy (non-hydrogen) atoms. The van der Waals surface area contributed by atoms with E-state index in [1.807, 2.05) is 0 Å². The summed E-state index contributed by atoms with van der Waals surface area (Å²) in [7, 11) is 0. The SMILES string of the molecule is O=C(O)c1cccc2cc([N+](=O)[O-])ccc12. The van der Waals surface area contributed by atoms with Crippen LogP contribution in [-0.2, 0) is 0 Å². The Morgan fingerprint density at radius 2 is 2.00 bits per heavy atom. The Bertz CT molecular complexity index is 592. The predicted molar refractivity (Wildman–Crippen MR) is 57.6 cm³/mol. The van der Waals surface area contributed by atoms with Crippen LogP contribution in [0.5, 0.6) is 0 Å². The van der Waals surface area contributed by atoms with E-state index in [1.54, 1.807) is 12.1 Å². The van der Waals surface area contributed by atoms with Crippen molar-refractivity contribution in [2.75, 3.05) is 0 Å². The highest BCUT2D eigenvalue weighted by atomic mass is 16.6. The summed E-state index contributed by atoms with van der Waals surface area (Å²) >= 11 is 0. The molecule has 0 spiro atoms. The molecule has 5 heteroatoms. The lowest BCUT2D eigenvalue weighted by Crippen LogP contribution is -1.97. The van der Waals surface area contributed by atoms with Gasteiger partial charge in [-0.25, -0.2) is 4.79 Å². The molecule has 0 fully saturated rings. The summed E-state index contributed by atoms with van der Waals surface area (Å²) in [6.07, 6.45) is 0. The zero-order valence-corrected chi connectivity index (χ0v) is 8.08. The van der Waals surface area contributed by atoms with Crippen molar-refractivity contribution in [1.29, 1.82) is 0 Å². The number of benzene rings is 2. The quantitative estimate of drug-likeness (QED) is 0.618. The van der Waals surface area contributed by atoms with Crippen molar-refractivity contribution in [3.05, 3.63) is 52.1 Å². The van der Waals surface area contributed by atoms with Gasteiger partial charge >= 0.3 is 5.97 Å². The lowest BCUT2D eigenvalue weighted by Gasteiger charge is -2.01. The molecule has 2 aromatic rings. The number of carboxylic acids is 1. The average Bonchev–Trinajstić information content (AvgIpc) is 2.27. The Morgan fingerprint density at radius 3 is 2.62 bits per heavy atom. The zero-order valence-electron chi connectivity index (χ0n) is 8.08. The maximum absolute atomic E-state index is 10.9. The summed E-state index contributed by atoms with van der Waals surface area (Å²) < 4.78 is 0. The molecule has 0 aliphatic carbocycles. The van der Waals surface area contributed by atoms with Gasteiger partial charge in [0.05, 0.1) is 10.5 Å². The lowest BCUT2D eigenvalue weighted by molar-refractivity contribution is -0.384. The number of hydrogen-bond acceptors (Lipinski definition) is 3. The van der Waals surface area contributed by atoms with Gasteiger partial charge in [-0.3, -0.25) is 10.1 Å². The van der Waals surface area contributed by atoms with Gasteiger partial charge in [0.1, 0.15) is 0 Å². The Morgan fingerprint density at radius 1 is 1.25 bits per heavy atom. The molecule has 0 radical (unpaired) electrons. The fourth-order valence-corrected chi connectivity index (χ4v) is 1.57. The third-order valence-electron chi connectivity index (χ3n) is 2.31. The van der Waals surface area contributed by atoms with Crippen molar-refractivity contribution in [3.63, 3.8) is 0 Å². The fraction of sp³-hybridized carbons (Fsp3) is 0. The van der Waals surface area contributed by atoms with E-state index in [9.17, 15) is 14.9 Å². The van der Waals surface area contributed by atoms with Crippen LogP contribution in [0.25, 0.3) is 10.8 Å². The Kier molecular flexibility index (Phi) is 2.28. The van der Waals surface area contributed by atoms with Gasteiger partial charge in [-0.15, -0.1) is 0 Å². The van der Waals surface area contributed by atoms with Crippen LogP contribution < -0.4 is 0 Å². The number of nitro benzene ring substituents is 1. The highest BCUT2D eigenvalue weighted by Crippen LogP contribution is 2.23. The van der Waals surface area contributed by atoms with Crippen LogP contribution in [0, 0.1) is 10.1 Å². The second-order valence-corrected chi connectivity index (χ2v) is 3.27. The fourth-order valence-electron chi connectivity index (χ4n) is 1.57. The highest BCUT2D eigenvalue weighted by molar-refractivity contribution is 6.04. The van der Waals surface area contributed by atoms with E-state index in [4.69, 9.17) is 5.11 Å². The molecular formula is C11H7NO4. The summed E-state index contributed by atoms with van der Waals surface area (Å²) in [5, 5.41) is 20.5. The molecule has 1 N–H and O–H groups in total. The maximum atomic E-state index is 10.9. The number of nitro groups is 1. The molecular weight excluding hydrogens is 210 g/mol. The molecule has 0 saturated carbocycles. The average molecular weight is 217 g/mol. The van der Waals surface area contributed by atoms with E-state index in [0.717, 1.165) is 0 Å². The largest absolute Gasteiger partial charge is 0.478 e. The van der Waals surface area contributed by atoms with E-state index in [-0.39, 0.29) is 11.3 Å². The van der Waals surface area contributed by atoms with Crippen LogP contribution in [0.1, 0.15) is 10.4 Å². The Hall–Kier alpha value is -2.43. The number of carboxylic acid groups (broad SMARTS) is 1. The standard InChI is InChI=1S/C11H7NO4/c13-11(14)10-3-1-2-7-6-8(12(15)16)4-5-9(7)10/h1-6H,(H,13,14). The number of rotatable bonds is 2. The van der Waals surface area contributed by atoms with Gasteiger partial charge in [0, 0.05) is 12.1 Å². The van der Waals surface area contributed by atoms with Crippen LogP contribution in [0.3, 0.4) is 0 Å². The lowest BCUT2D eigenvalue weighted by atomic mass is 10.0. The Labute approximate surface area is 90.1 Å². The number of hydrogen-bond donors (Lipinski definition) is 1. The monoisotopic (exact) mass is 217 g/mol. The smallest absolute Gasteiger partial charge is 0.336 e. The molecule has 0 amide bonds. The number of aromatic carboxylic acids is 1. The minimum Gasteiger partial charge on any atom is -0.478 e. The summed E-state index contributed by atoms with van der Waals surface area (Å²) in [4.78, 5) is 20.9. The summed E-state index contributed by atoms with van der Waals surface area (Å²) in [5.41, 5.74) is 0.0995. The van der Waals surface area contributed by atoms with Crippen molar-refractivity contribution in [2.24, 2.45) is 0 Å². The van der Waals surface area contributed by atoms with Crippen molar-refractivity contribution in [2.45, 2.75) is 0 Å². The van der Waals surface area contributed by atoms with E-state index < -0.39 is 10.9 Å². The topological polar surface area (TPSA) is 80.4 Å². The molecule has 2 rings (SSSR count). The third-order valence-corrected chi connectivity index (χ3v) is 2.31. The minimum absolute atomic E-state index is 0.0463. The highest BCUT2D eigenvalue weighted by Gasteiger charge is 2.11. The second-order valence-electron chi connectivity index (χ2n) is 3.27. The second kappa shape index (κ2) is 3.62. The van der Waals surface area contributed by atoms with Crippen molar-refractivity contribution in [1.82, 2.24) is 0 Å². The van der Waals surface area contributed by atoms with Crippen LogP contribution in [0.2, 0.25) is 0 Å². The summed E-state index contributed by atoms with van der Waals surface area (Å²) in [6, 6.07) is 8.80. The molecule has 0 aliphatic heterocycles. The number of carbonyl (C=O) groups is 1. The van der Waals surface area contributed by atoms with Gasteiger partial charge in [0.25, 0.3) is 5.69 Å². The molecule has 0 atom stereocenters. The maximum Gasteiger partial charge on any atom is 0.336 e. The number of fused-ring (bicyclic) bond motifs is 1. The van der Waals surface area contributed by atoms with Gasteiger partial charge in [-0.2, -0.15) is 0 Å². The van der Waals surface area contributed by atoms with Crippen molar-refractivity contribution in [3.8, 4) is 0 Å². The summed E-state index contributed by atoms with van der Waals surface area (Å²) in [5.74, 6) is -1.04. The molecule has 0 bridgehead atoms. The zero-order chi connectivity index (χ0) is 11.7. The van der Waals surface area contributed by atoms with Crippen LogP contribution in [-0.4, -0.2) is 16.0 Å². The molecule has 2 aromatic carbocycles. The van der Waals surface area contributed by atoms with E-state index in [1.165, 1.54) is 24.3 Å². The van der Waals surface area contributed by atoms with Gasteiger partial charge in [0.15, 0.2) is 0 Å². The molecule has 5 nitrogen and oxygen atoms in total. The first-order chi connectivity index (χ1) is 7.59. The van der Waals surface area contributed by atoms with Crippen LogP contribution >= 0.6 is 0 Å². The van der Waals surface area contributed by atoms with Gasteiger partial charge in [-0.1, -0.05) is 12.1 Å². The summed E-state index contributed by atoms with van der Waals surface area (Å²) in [6.45, 7) is 0. The minimum atomic E-state index is -1.04. The third kappa shape index (κ3) is 1.58. The molecule has 0 unspecified atom stereocenters. The molecule has 0 saturated heterocycles. The van der Waals surface area contributed by atoms with Crippen molar-refractivity contribution < 1.29 is 14.8 Å². The molecule has 0 heterocycles. The van der Waals surface area contributed by atoms with E-state index in [2.05, 4.69) is 0 Å². The predicted octanol–water partition coefficient (Wildman–Crippen LogP) is 2.45. The van der Waals surface area contributed by atoms with Crippen LogP contribution in [0.4, 0.5) is 5.69 Å². The van der Waals surface area contributed by atoms with Crippen LogP contribution in [0.15, 0.2) is 36.4 Å². The first-order valence-electron chi connectivity index (χ1n) is 4.50. The first-order valence-corrected chi connectivity index (χ1v) is 4.50. The molecule has 80 valence electrons. The molecule has 0 aliphatic rings. The van der Waals surface area contributed by atoms with Crippen molar-refractivity contribution >= 4 is 22.4 Å².